The molecule has 0 saturated carbocycles. The van der Waals surface area contributed by atoms with Crippen molar-refractivity contribution in [1.82, 2.24) is 25.2 Å². The average molecular weight is 514 g/mol. The number of benzene rings is 1. The molecule has 1 aliphatic rings. The number of hydrogen-bond acceptors (Lipinski definition) is 7. The maximum Gasteiger partial charge on any atom is 0.242 e. The van der Waals surface area contributed by atoms with E-state index in [-0.39, 0.29) is 23.6 Å². The van der Waals surface area contributed by atoms with Gasteiger partial charge in [0.1, 0.15) is 6.07 Å². The smallest absolute Gasteiger partial charge is 0.242 e. The molecule has 9 heteroatoms. The molecular weight excluding hydrogens is 482 g/mol. The lowest BCUT2D eigenvalue weighted by molar-refractivity contribution is -0.120. The molecule has 33 heavy (non-hydrogen) atoms. The van der Waals surface area contributed by atoms with Crippen LogP contribution in [0.1, 0.15) is 37.7 Å². The van der Waals surface area contributed by atoms with Crippen molar-refractivity contribution < 1.29 is 4.79 Å². The fourth-order valence-electron chi connectivity index (χ4n) is 3.65. The quantitative estimate of drug-likeness (QED) is 0.569. The first kappa shape index (κ1) is 25.1. The molecule has 1 fully saturated rings. The van der Waals surface area contributed by atoms with Crippen LogP contribution >= 0.6 is 15.9 Å². The van der Waals surface area contributed by atoms with Crippen molar-refractivity contribution in [3.63, 3.8) is 0 Å². The van der Waals surface area contributed by atoms with Crippen LogP contribution in [-0.2, 0) is 17.8 Å². The Labute approximate surface area is 204 Å². The summed E-state index contributed by atoms with van der Waals surface area (Å²) < 4.78 is 0.610. The Morgan fingerprint density at radius 3 is 2.42 bits per heavy atom. The minimum absolute atomic E-state index is 0.0531. The molecule has 2 heterocycles. The standard InChI is InChI=1S/C24H32BrN7O/c1-24(2,3)17-32(23-20(25)15-27-21(14-26)28-23)29-22(33)13-18-5-7-19(8-6-18)16-31-11-9-30(4)10-12-31/h5-8,15H,9-13,16-17H2,1-4H3,(H,29,33). The van der Waals surface area contributed by atoms with Crippen molar-refractivity contribution in [2.75, 3.05) is 44.8 Å². The van der Waals surface area contributed by atoms with Crippen molar-refractivity contribution in [3.8, 4) is 6.07 Å². The van der Waals surface area contributed by atoms with E-state index in [0.717, 1.165) is 38.3 Å². The number of likely N-dealkylation sites (N-methyl/N-ethyl adjacent to an activating group) is 1. The van der Waals surface area contributed by atoms with Crippen molar-refractivity contribution in [2.45, 2.75) is 33.7 Å². The van der Waals surface area contributed by atoms with Crippen LogP contribution in [0.2, 0.25) is 0 Å². The van der Waals surface area contributed by atoms with Crippen molar-refractivity contribution in [2.24, 2.45) is 5.41 Å². The molecule has 1 aromatic heterocycles. The summed E-state index contributed by atoms with van der Waals surface area (Å²) in [5.41, 5.74) is 5.06. The lowest BCUT2D eigenvalue weighted by Gasteiger charge is -2.32. The molecule has 8 nitrogen and oxygen atoms in total. The number of hydrogen-bond donors (Lipinski definition) is 1. The molecule has 1 aliphatic heterocycles. The summed E-state index contributed by atoms with van der Waals surface area (Å²) in [6.45, 7) is 12.0. The molecule has 0 bridgehead atoms. The number of anilines is 1. The van der Waals surface area contributed by atoms with Crippen LogP contribution in [0, 0.1) is 16.7 Å². The highest BCUT2D eigenvalue weighted by Gasteiger charge is 2.23. The molecule has 1 amide bonds. The number of amides is 1. The van der Waals surface area contributed by atoms with Crippen LogP contribution < -0.4 is 10.4 Å². The monoisotopic (exact) mass is 513 g/mol. The number of hydrazine groups is 1. The van der Waals surface area contributed by atoms with Crippen molar-refractivity contribution in [3.05, 3.63) is 51.9 Å². The van der Waals surface area contributed by atoms with Crippen LogP contribution in [0.25, 0.3) is 0 Å². The number of aromatic nitrogens is 2. The number of nitriles is 1. The molecule has 1 N–H and O–H groups in total. The van der Waals surface area contributed by atoms with Gasteiger partial charge in [-0.2, -0.15) is 10.2 Å². The molecule has 3 rings (SSSR count). The van der Waals surface area contributed by atoms with Gasteiger partial charge in [0.2, 0.25) is 11.7 Å². The fourth-order valence-corrected chi connectivity index (χ4v) is 4.05. The summed E-state index contributed by atoms with van der Waals surface area (Å²) in [6, 6.07) is 10.2. The third-order valence-corrected chi connectivity index (χ3v) is 5.92. The number of nitrogens with zero attached hydrogens (tertiary/aromatic N) is 6. The molecule has 0 spiro atoms. The largest absolute Gasteiger partial charge is 0.304 e. The Morgan fingerprint density at radius 2 is 1.82 bits per heavy atom. The highest BCUT2D eigenvalue weighted by Crippen LogP contribution is 2.25. The molecule has 176 valence electrons. The predicted molar refractivity (Wildman–Crippen MR) is 132 cm³/mol. The first-order chi connectivity index (χ1) is 15.6. The Morgan fingerprint density at radius 1 is 1.18 bits per heavy atom. The van der Waals surface area contributed by atoms with Gasteiger partial charge in [-0.15, -0.1) is 0 Å². The predicted octanol–water partition coefficient (Wildman–Crippen LogP) is 2.98. The number of carbonyl (C=O) groups is 1. The molecule has 0 unspecified atom stereocenters. The minimum Gasteiger partial charge on any atom is -0.304 e. The number of piperazine rings is 1. The average Bonchev–Trinajstić information content (AvgIpc) is 2.75. The summed E-state index contributed by atoms with van der Waals surface area (Å²) in [6.07, 6.45) is 1.78. The van der Waals surface area contributed by atoms with Gasteiger partial charge in [-0.05, 0) is 39.5 Å². The molecule has 0 aliphatic carbocycles. The number of carbonyl (C=O) groups excluding carboxylic acids is 1. The Kier molecular flexibility index (Phi) is 8.40. The van der Waals surface area contributed by atoms with E-state index >= 15 is 0 Å². The number of nitrogens with one attached hydrogen (secondary N) is 1. The van der Waals surface area contributed by atoms with Gasteiger partial charge < -0.3 is 4.90 Å². The van der Waals surface area contributed by atoms with Gasteiger partial charge in [0, 0.05) is 45.5 Å². The molecule has 0 radical (unpaired) electrons. The zero-order valence-corrected chi connectivity index (χ0v) is 21.4. The third-order valence-electron chi connectivity index (χ3n) is 5.36. The van der Waals surface area contributed by atoms with E-state index in [9.17, 15) is 10.1 Å². The maximum absolute atomic E-state index is 12.9. The Balaban J connectivity index is 1.64. The second-order valence-corrected chi connectivity index (χ2v) is 10.6. The summed E-state index contributed by atoms with van der Waals surface area (Å²) in [7, 11) is 2.16. The maximum atomic E-state index is 12.9. The van der Waals surface area contributed by atoms with Gasteiger partial charge in [0.05, 0.1) is 10.9 Å². The topological polar surface area (TPSA) is 88.4 Å². The van der Waals surface area contributed by atoms with Gasteiger partial charge >= 0.3 is 0 Å². The van der Waals surface area contributed by atoms with Crippen LogP contribution in [0.4, 0.5) is 5.82 Å². The summed E-state index contributed by atoms with van der Waals surface area (Å²) in [5, 5.41) is 10.9. The van der Waals surface area contributed by atoms with Crippen LogP contribution in [0.5, 0.6) is 0 Å². The van der Waals surface area contributed by atoms with E-state index in [1.165, 1.54) is 11.8 Å². The van der Waals surface area contributed by atoms with Crippen LogP contribution in [-0.4, -0.2) is 65.4 Å². The lowest BCUT2D eigenvalue weighted by Crippen LogP contribution is -2.47. The van der Waals surface area contributed by atoms with Crippen LogP contribution in [0.3, 0.4) is 0 Å². The fraction of sp³-hybridized carbons (Fsp3) is 0.500. The number of halogens is 1. The zero-order chi connectivity index (χ0) is 24.0. The second-order valence-electron chi connectivity index (χ2n) is 9.73. The zero-order valence-electron chi connectivity index (χ0n) is 19.8. The van der Waals surface area contributed by atoms with E-state index in [0.29, 0.717) is 16.8 Å². The normalized spacial score (nSPS) is 15.2. The Hall–Kier alpha value is -2.54. The van der Waals surface area contributed by atoms with Crippen molar-refractivity contribution in [1.29, 1.82) is 5.26 Å². The van der Waals surface area contributed by atoms with Gasteiger partial charge in [-0.25, -0.2) is 4.98 Å². The van der Waals surface area contributed by atoms with E-state index in [1.54, 1.807) is 5.01 Å². The van der Waals surface area contributed by atoms with Gasteiger partial charge in [-0.1, -0.05) is 45.0 Å². The molecule has 2 aromatic rings. The molecule has 1 saturated heterocycles. The molecular formula is C24H32BrN7O. The summed E-state index contributed by atoms with van der Waals surface area (Å²) >= 11 is 3.44. The third kappa shape index (κ3) is 7.77. The van der Waals surface area contributed by atoms with E-state index in [2.05, 4.69) is 81.1 Å². The first-order valence-corrected chi connectivity index (χ1v) is 11.9. The first-order valence-electron chi connectivity index (χ1n) is 11.1. The SMILES string of the molecule is CN1CCN(Cc2ccc(CC(=O)NN(CC(C)(C)C)c3nc(C#N)ncc3Br)cc2)CC1. The van der Waals surface area contributed by atoms with Gasteiger partial charge in [0.25, 0.3) is 0 Å². The minimum atomic E-state index is -0.143. The highest BCUT2D eigenvalue weighted by molar-refractivity contribution is 9.10. The van der Waals surface area contributed by atoms with E-state index < -0.39 is 0 Å². The van der Waals surface area contributed by atoms with Crippen molar-refractivity contribution >= 4 is 27.7 Å². The highest BCUT2D eigenvalue weighted by atomic mass is 79.9. The molecule has 1 aromatic carbocycles. The van der Waals surface area contributed by atoms with Gasteiger partial charge in [0.15, 0.2) is 5.82 Å². The van der Waals surface area contributed by atoms with E-state index in [1.807, 2.05) is 18.2 Å². The summed E-state index contributed by atoms with van der Waals surface area (Å²) in [5.74, 6) is 0.375. The number of rotatable bonds is 7. The van der Waals surface area contributed by atoms with E-state index in [4.69, 9.17) is 0 Å². The molecule has 0 atom stereocenters. The lowest BCUT2D eigenvalue weighted by atomic mass is 9.97. The van der Waals surface area contributed by atoms with Crippen LogP contribution in [0.15, 0.2) is 34.9 Å². The Bertz CT molecular complexity index is 989. The second kappa shape index (κ2) is 11.1. The summed E-state index contributed by atoms with van der Waals surface area (Å²) in [4.78, 5) is 26.0. The van der Waals surface area contributed by atoms with Gasteiger partial charge in [-0.3, -0.25) is 20.1 Å².